The first kappa shape index (κ1) is 16.7. The van der Waals surface area contributed by atoms with Gasteiger partial charge in [0.25, 0.3) is 0 Å². The number of nitrogen functional groups attached to an aromatic ring is 1. The molecule has 1 aromatic carbocycles. The number of ether oxygens (including phenoxy) is 1. The van der Waals surface area contributed by atoms with E-state index in [-0.39, 0.29) is 22.2 Å². The van der Waals surface area contributed by atoms with Gasteiger partial charge in [0.15, 0.2) is 6.61 Å². The van der Waals surface area contributed by atoms with Crippen molar-refractivity contribution >= 4 is 29.2 Å². The minimum absolute atomic E-state index is 0.114. The molecular formula is C17H13ClN4O3. The molecule has 0 radical (unpaired) electrons. The summed E-state index contributed by atoms with van der Waals surface area (Å²) in [6.07, 6.45) is 4.24. The van der Waals surface area contributed by atoms with Crippen LogP contribution >= 0.6 is 11.6 Å². The number of anilines is 1. The molecule has 25 heavy (non-hydrogen) atoms. The first-order chi connectivity index (χ1) is 12.0. The third kappa shape index (κ3) is 3.84. The molecule has 7 nitrogen and oxygen atoms in total. The molecule has 0 saturated heterocycles. The molecule has 0 aliphatic carbocycles. The predicted molar refractivity (Wildman–Crippen MR) is 91.8 cm³/mol. The summed E-state index contributed by atoms with van der Waals surface area (Å²) in [6, 6.07) is 10.7. The van der Waals surface area contributed by atoms with Gasteiger partial charge in [0.2, 0.25) is 5.78 Å². The topological polar surface area (TPSA) is 100 Å². The average Bonchev–Trinajstić information content (AvgIpc) is 3.12. The number of pyridine rings is 1. The van der Waals surface area contributed by atoms with Gasteiger partial charge in [0.1, 0.15) is 5.82 Å². The van der Waals surface area contributed by atoms with Gasteiger partial charge >= 0.3 is 5.97 Å². The minimum Gasteiger partial charge on any atom is -0.454 e. The maximum Gasteiger partial charge on any atom is 0.340 e. The number of rotatable bonds is 5. The fourth-order valence-electron chi connectivity index (χ4n) is 2.05. The highest BCUT2D eigenvalue weighted by molar-refractivity contribution is 6.33. The Bertz CT molecular complexity index is 925. The van der Waals surface area contributed by atoms with Crippen molar-refractivity contribution < 1.29 is 14.3 Å². The van der Waals surface area contributed by atoms with Crippen molar-refractivity contribution in [1.29, 1.82) is 0 Å². The maximum atomic E-state index is 12.2. The van der Waals surface area contributed by atoms with Crippen LogP contribution in [0.15, 0.2) is 55.0 Å². The molecule has 0 saturated carbocycles. The van der Waals surface area contributed by atoms with Gasteiger partial charge in [-0.3, -0.25) is 4.79 Å². The summed E-state index contributed by atoms with van der Waals surface area (Å²) < 4.78 is 6.56. The molecule has 2 N–H and O–H groups in total. The van der Waals surface area contributed by atoms with Gasteiger partial charge in [-0.05, 0) is 18.2 Å². The SMILES string of the molecule is Nc1ncc(C(=O)OCC(=O)c2cnn(-c3ccccc3)c2)cc1Cl. The predicted octanol–water partition coefficient (Wildman–Crippen LogP) is 2.54. The van der Waals surface area contributed by atoms with Crippen LogP contribution in [0.3, 0.4) is 0 Å². The Hall–Kier alpha value is -3.19. The number of halogens is 1. The van der Waals surface area contributed by atoms with Gasteiger partial charge in [-0.2, -0.15) is 5.10 Å². The smallest absolute Gasteiger partial charge is 0.340 e. The molecule has 2 aromatic heterocycles. The zero-order chi connectivity index (χ0) is 17.8. The van der Waals surface area contributed by atoms with Crippen molar-refractivity contribution in [2.75, 3.05) is 12.3 Å². The number of hydrogen-bond acceptors (Lipinski definition) is 6. The van der Waals surface area contributed by atoms with E-state index in [4.69, 9.17) is 22.1 Å². The Morgan fingerprint density at radius 2 is 1.92 bits per heavy atom. The third-order valence-corrected chi connectivity index (χ3v) is 3.67. The second kappa shape index (κ2) is 7.14. The molecule has 0 aliphatic rings. The molecule has 0 spiro atoms. The summed E-state index contributed by atoms with van der Waals surface area (Å²) >= 11 is 5.80. The number of carbonyl (C=O) groups excluding carboxylic acids is 2. The first-order valence-corrected chi connectivity index (χ1v) is 7.64. The minimum atomic E-state index is -0.710. The van der Waals surface area contributed by atoms with Crippen molar-refractivity contribution in [3.63, 3.8) is 0 Å². The number of para-hydroxylation sites is 1. The number of ketones is 1. The summed E-state index contributed by atoms with van der Waals surface area (Å²) in [7, 11) is 0. The Kier molecular flexibility index (Phi) is 4.76. The third-order valence-electron chi connectivity index (χ3n) is 3.37. The molecule has 3 rings (SSSR count). The lowest BCUT2D eigenvalue weighted by Crippen LogP contribution is -2.14. The number of aromatic nitrogens is 3. The van der Waals surface area contributed by atoms with E-state index in [2.05, 4.69) is 10.1 Å². The van der Waals surface area contributed by atoms with Gasteiger partial charge in [-0.1, -0.05) is 29.8 Å². The molecule has 3 aromatic rings. The molecule has 0 unspecified atom stereocenters. The van der Waals surface area contributed by atoms with Crippen molar-refractivity contribution in [2.45, 2.75) is 0 Å². The maximum absolute atomic E-state index is 12.2. The van der Waals surface area contributed by atoms with E-state index in [9.17, 15) is 9.59 Å². The van der Waals surface area contributed by atoms with Crippen molar-refractivity contribution in [3.05, 3.63) is 71.1 Å². The largest absolute Gasteiger partial charge is 0.454 e. The number of hydrogen-bond donors (Lipinski definition) is 1. The Balaban J connectivity index is 1.64. The van der Waals surface area contributed by atoms with E-state index in [0.717, 1.165) is 5.69 Å². The number of benzene rings is 1. The number of esters is 1. The Morgan fingerprint density at radius 3 is 2.64 bits per heavy atom. The summed E-state index contributed by atoms with van der Waals surface area (Å²) in [6.45, 7) is -0.415. The number of nitrogens with two attached hydrogens (primary N) is 1. The highest BCUT2D eigenvalue weighted by atomic mass is 35.5. The summed E-state index contributed by atoms with van der Waals surface area (Å²) in [4.78, 5) is 27.9. The lowest BCUT2D eigenvalue weighted by molar-refractivity contribution is 0.0474. The normalized spacial score (nSPS) is 10.4. The van der Waals surface area contributed by atoms with E-state index in [0.29, 0.717) is 5.56 Å². The van der Waals surface area contributed by atoms with Crippen LogP contribution in [0, 0.1) is 0 Å². The monoisotopic (exact) mass is 356 g/mol. The first-order valence-electron chi connectivity index (χ1n) is 7.26. The van der Waals surface area contributed by atoms with Gasteiger partial charge in [-0.25, -0.2) is 14.5 Å². The second-order valence-corrected chi connectivity index (χ2v) is 5.51. The van der Waals surface area contributed by atoms with Crippen molar-refractivity contribution in [1.82, 2.24) is 14.8 Å². The molecular weight excluding hydrogens is 344 g/mol. The van der Waals surface area contributed by atoms with Gasteiger partial charge < -0.3 is 10.5 Å². The number of Topliss-reactive ketones (excluding diaryl/α,β-unsaturated/α-hetero) is 1. The quantitative estimate of drug-likeness (QED) is 0.557. The highest BCUT2D eigenvalue weighted by Crippen LogP contribution is 2.17. The number of nitrogens with zero attached hydrogens (tertiary/aromatic N) is 3. The Labute approximate surface area is 148 Å². The summed E-state index contributed by atoms with van der Waals surface area (Å²) in [5.74, 6) is -0.967. The van der Waals surface area contributed by atoms with Gasteiger partial charge in [-0.15, -0.1) is 0 Å². The van der Waals surface area contributed by atoms with Gasteiger partial charge in [0, 0.05) is 12.4 Å². The van der Waals surface area contributed by atoms with E-state index in [1.54, 1.807) is 10.9 Å². The van der Waals surface area contributed by atoms with Crippen LogP contribution in [0.2, 0.25) is 5.02 Å². The standard InChI is InChI=1S/C17H13ClN4O3/c18-14-6-11(7-20-16(14)19)17(24)25-10-15(23)12-8-21-22(9-12)13-4-2-1-3-5-13/h1-9H,10H2,(H2,19,20). The van der Waals surface area contributed by atoms with Crippen LogP contribution in [0.1, 0.15) is 20.7 Å². The zero-order valence-corrected chi connectivity index (χ0v) is 13.7. The number of carbonyl (C=O) groups is 2. The lowest BCUT2D eigenvalue weighted by atomic mass is 10.2. The van der Waals surface area contributed by atoms with Crippen LogP contribution < -0.4 is 5.73 Å². The molecule has 0 amide bonds. The summed E-state index contributed by atoms with van der Waals surface area (Å²) in [5, 5.41) is 4.27. The fourth-order valence-corrected chi connectivity index (χ4v) is 2.21. The zero-order valence-electron chi connectivity index (χ0n) is 12.9. The fraction of sp³-hybridized carbons (Fsp3) is 0.0588. The lowest BCUT2D eigenvalue weighted by Gasteiger charge is -2.04. The molecule has 0 atom stereocenters. The highest BCUT2D eigenvalue weighted by Gasteiger charge is 2.15. The van der Waals surface area contributed by atoms with Gasteiger partial charge in [0.05, 0.1) is 28.0 Å². The summed E-state index contributed by atoms with van der Waals surface area (Å²) in [5.41, 5.74) is 6.75. The Morgan fingerprint density at radius 1 is 1.16 bits per heavy atom. The molecule has 126 valence electrons. The molecule has 2 heterocycles. The molecule has 0 bridgehead atoms. The van der Waals surface area contributed by atoms with Crippen LogP contribution in [0.4, 0.5) is 5.82 Å². The van der Waals surface area contributed by atoms with Crippen LogP contribution in [-0.2, 0) is 4.74 Å². The van der Waals surface area contributed by atoms with E-state index >= 15 is 0 Å². The van der Waals surface area contributed by atoms with E-state index in [1.807, 2.05) is 30.3 Å². The second-order valence-electron chi connectivity index (χ2n) is 5.10. The van der Waals surface area contributed by atoms with E-state index < -0.39 is 12.6 Å². The molecule has 0 aliphatic heterocycles. The molecule has 8 heteroatoms. The van der Waals surface area contributed by atoms with Crippen LogP contribution in [0.25, 0.3) is 5.69 Å². The van der Waals surface area contributed by atoms with E-state index in [1.165, 1.54) is 18.5 Å². The van der Waals surface area contributed by atoms with Crippen molar-refractivity contribution in [3.8, 4) is 5.69 Å². The average molecular weight is 357 g/mol. The van der Waals surface area contributed by atoms with Crippen LogP contribution in [-0.4, -0.2) is 33.1 Å². The molecule has 0 fully saturated rings. The van der Waals surface area contributed by atoms with Crippen molar-refractivity contribution in [2.24, 2.45) is 0 Å². The van der Waals surface area contributed by atoms with Crippen LogP contribution in [0.5, 0.6) is 0 Å².